The van der Waals surface area contributed by atoms with Gasteiger partial charge in [-0.25, -0.2) is 14.1 Å². The van der Waals surface area contributed by atoms with E-state index in [2.05, 4.69) is 15.4 Å². The third-order valence-electron chi connectivity index (χ3n) is 4.75. The summed E-state index contributed by atoms with van der Waals surface area (Å²) in [5, 5.41) is 7.20. The Kier molecular flexibility index (Phi) is 4.91. The van der Waals surface area contributed by atoms with Crippen molar-refractivity contribution in [1.82, 2.24) is 14.8 Å². The Labute approximate surface area is 167 Å². The zero-order chi connectivity index (χ0) is 20.4. The molecule has 1 aromatic heterocycles. The van der Waals surface area contributed by atoms with Crippen LogP contribution in [0, 0.1) is 19.7 Å². The molecule has 0 aliphatic carbocycles. The van der Waals surface area contributed by atoms with Crippen LogP contribution in [0.2, 0.25) is 0 Å². The molecular formula is C23H19FN4O. The van der Waals surface area contributed by atoms with Gasteiger partial charge in [0.15, 0.2) is 5.82 Å². The molecule has 0 aliphatic rings. The van der Waals surface area contributed by atoms with E-state index in [4.69, 9.17) is 0 Å². The predicted molar refractivity (Wildman–Crippen MR) is 111 cm³/mol. The number of nitrogens with zero attached hydrogens (tertiary/aromatic N) is 3. The van der Waals surface area contributed by atoms with E-state index in [1.54, 1.807) is 4.68 Å². The molecule has 1 amide bonds. The minimum atomic E-state index is -0.460. The molecule has 6 heteroatoms. The molecule has 0 bridgehead atoms. The molecule has 0 fully saturated rings. The van der Waals surface area contributed by atoms with Crippen LogP contribution in [0.15, 0.2) is 72.8 Å². The van der Waals surface area contributed by atoms with Crippen LogP contribution >= 0.6 is 0 Å². The average Bonchev–Trinajstić information content (AvgIpc) is 3.18. The summed E-state index contributed by atoms with van der Waals surface area (Å²) in [6.07, 6.45) is 0. The number of carbonyl (C=O) groups is 1. The first-order valence-corrected chi connectivity index (χ1v) is 9.19. The summed E-state index contributed by atoms with van der Waals surface area (Å²) in [5.74, 6) is -0.220. The van der Waals surface area contributed by atoms with E-state index in [1.807, 2.05) is 62.4 Å². The minimum Gasteiger partial charge on any atom is -0.319 e. The molecule has 4 aromatic rings. The van der Waals surface area contributed by atoms with E-state index < -0.39 is 5.91 Å². The van der Waals surface area contributed by atoms with Gasteiger partial charge in [-0.3, -0.25) is 4.79 Å². The van der Waals surface area contributed by atoms with Crippen molar-refractivity contribution in [2.75, 3.05) is 5.32 Å². The van der Waals surface area contributed by atoms with Crippen LogP contribution in [0.25, 0.3) is 17.1 Å². The Balaban J connectivity index is 1.78. The van der Waals surface area contributed by atoms with Gasteiger partial charge in [0.1, 0.15) is 5.82 Å². The number of nitrogens with one attached hydrogen (secondary N) is 1. The standard InChI is InChI=1S/C23H19FN4O/c1-15-7-6-10-20(16(15)2)28-22(17-8-4-3-5-9-17)26-21(27-28)23(29)25-19-13-11-18(24)12-14-19/h3-14H,1-2H3,(H,25,29). The molecule has 0 saturated carbocycles. The third kappa shape index (κ3) is 3.78. The number of halogens is 1. The van der Waals surface area contributed by atoms with Crippen molar-refractivity contribution < 1.29 is 9.18 Å². The average molecular weight is 386 g/mol. The first-order chi connectivity index (χ1) is 14.0. The largest absolute Gasteiger partial charge is 0.319 e. The maximum Gasteiger partial charge on any atom is 0.295 e. The maximum atomic E-state index is 13.1. The molecule has 29 heavy (non-hydrogen) atoms. The number of hydrogen-bond acceptors (Lipinski definition) is 3. The minimum absolute atomic E-state index is 0.0362. The number of aromatic nitrogens is 3. The molecule has 5 nitrogen and oxygen atoms in total. The lowest BCUT2D eigenvalue weighted by atomic mass is 10.1. The second-order valence-corrected chi connectivity index (χ2v) is 6.72. The van der Waals surface area contributed by atoms with Crippen molar-refractivity contribution in [3.05, 3.63) is 95.6 Å². The quantitative estimate of drug-likeness (QED) is 0.540. The molecule has 144 valence electrons. The van der Waals surface area contributed by atoms with Crippen LogP contribution in [0.1, 0.15) is 21.7 Å². The number of anilines is 1. The predicted octanol–water partition coefficient (Wildman–Crippen LogP) is 4.94. The maximum absolute atomic E-state index is 13.1. The monoisotopic (exact) mass is 386 g/mol. The van der Waals surface area contributed by atoms with Crippen LogP contribution < -0.4 is 5.32 Å². The lowest BCUT2D eigenvalue weighted by Crippen LogP contribution is -2.14. The van der Waals surface area contributed by atoms with E-state index in [0.717, 1.165) is 22.4 Å². The first-order valence-electron chi connectivity index (χ1n) is 9.19. The summed E-state index contributed by atoms with van der Waals surface area (Å²) >= 11 is 0. The first kappa shape index (κ1) is 18.6. The normalized spacial score (nSPS) is 10.7. The van der Waals surface area contributed by atoms with Crippen molar-refractivity contribution in [1.29, 1.82) is 0 Å². The number of hydrogen-bond donors (Lipinski definition) is 1. The second-order valence-electron chi connectivity index (χ2n) is 6.72. The van der Waals surface area contributed by atoms with E-state index in [9.17, 15) is 9.18 Å². The van der Waals surface area contributed by atoms with E-state index in [-0.39, 0.29) is 11.6 Å². The summed E-state index contributed by atoms with van der Waals surface area (Å²) in [5.41, 5.74) is 4.36. The Morgan fingerprint density at radius 2 is 1.66 bits per heavy atom. The zero-order valence-electron chi connectivity index (χ0n) is 16.1. The molecule has 0 spiro atoms. The second kappa shape index (κ2) is 7.67. The molecule has 0 saturated heterocycles. The van der Waals surface area contributed by atoms with Gasteiger partial charge in [0.2, 0.25) is 5.82 Å². The van der Waals surface area contributed by atoms with Crippen LogP contribution in [0.5, 0.6) is 0 Å². The van der Waals surface area contributed by atoms with Crippen molar-refractivity contribution in [2.45, 2.75) is 13.8 Å². The van der Waals surface area contributed by atoms with Crippen LogP contribution in [0.3, 0.4) is 0 Å². The number of aryl methyl sites for hydroxylation is 1. The van der Waals surface area contributed by atoms with Crippen molar-refractivity contribution in [3.8, 4) is 17.1 Å². The fourth-order valence-corrected chi connectivity index (χ4v) is 3.04. The highest BCUT2D eigenvalue weighted by molar-refractivity contribution is 6.01. The van der Waals surface area contributed by atoms with Gasteiger partial charge >= 0.3 is 0 Å². The Bertz CT molecular complexity index is 1170. The van der Waals surface area contributed by atoms with Gasteiger partial charge in [-0.2, -0.15) is 0 Å². The highest BCUT2D eigenvalue weighted by Gasteiger charge is 2.20. The molecule has 0 atom stereocenters. The van der Waals surface area contributed by atoms with Crippen LogP contribution in [-0.2, 0) is 0 Å². The Morgan fingerprint density at radius 1 is 0.931 bits per heavy atom. The molecule has 0 unspecified atom stereocenters. The van der Waals surface area contributed by atoms with Gasteiger partial charge in [0, 0.05) is 11.3 Å². The summed E-state index contributed by atoms with van der Waals surface area (Å²) in [7, 11) is 0. The van der Waals surface area contributed by atoms with Gasteiger partial charge < -0.3 is 5.32 Å². The lowest BCUT2D eigenvalue weighted by Gasteiger charge is -2.10. The molecular weight excluding hydrogens is 367 g/mol. The van der Waals surface area contributed by atoms with Gasteiger partial charge in [0.05, 0.1) is 5.69 Å². The molecule has 3 aromatic carbocycles. The van der Waals surface area contributed by atoms with Crippen molar-refractivity contribution in [3.63, 3.8) is 0 Å². The fraction of sp³-hybridized carbons (Fsp3) is 0.0870. The van der Waals surface area contributed by atoms with E-state index in [0.29, 0.717) is 11.5 Å². The number of amides is 1. The van der Waals surface area contributed by atoms with Gasteiger partial charge in [0.25, 0.3) is 5.91 Å². The SMILES string of the molecule is Cc1cccc(-n2nc(C(=O)Nc3ccc(F)cc3)nc2-c2ccccc2)c1C. The summed E-state index contributed by atoms with van der Waals surface area (Å²) in [4.78, 5) is 17.2. The number of rotatable bonds is 4. The molecule has 1 N–H and O–H groups in total. The molecule has 0 aliphatic heterocycles. The van der Waals surface area contributed by atoms with Crippen LogP contribution in [0.4, 0.5) is 10.1 Å². The Morgan fingerprint density at radius 3 is 2.38 bits per heavy atom. The van der Waals surface area contributed by atoms with Crippen molar-refractivity contribution >= 4 is 11.6 Å². The van der Waals surface area contributed by atoms with E-state index in [1.165, 1.54) is 24.3 Å². The zero-order valence-corrected chi connectivity index (χ0v) is 16.1. The topological polar surface area (TPSA) is 59.8 Å². The highest BCUT2D eigenvalue weighted by atomic mass is 19.1. The smallest absolute Gasteiger partial charge is 0.295 e. The Hall–Kier alpha value is -3.80. The van der Waals surface area contributed by atoms with Gasteiger partial charge in [-0.1, -0.05) is 42.5 Å². The van der Waals surface area contributed by atoms with Crippen molar-refractivity contribution in [2.24, 2.45) is 0 Å². The number of benzene rings is 3. The summed E-state index contributed by atoms with van der Waals surface area (Å²) < 4.78 is 14.8. The summed E-state index contributed by atoms with van der Waals surface area (Å²) in [6, 6.07) is 21.1. The van der Waals surface area contributed by atoms with E-state index >= 15 is 0 Å². The van der Waals surface area contributed by atoms with Gasteiger partial charge in [-0.15, -0.1) is 5.10 Å². The summed E-state index contributed by atoms with van der Waals surface area (Å²) in [6.45, 7) is 4.04. The number of carbonyl (C=O) groups excluding carboxylic acids is 1. The highest BCUT2D eigenvalue weighted by Crippen LogP contribution is 2.24. The lowest BCUT2D eigenvalue weighted by molar-refractivity contribution is 0.101. The molecule has 4 rings (SSSR count). The van der Waals surface area contributed by atoms with Crippen LogP contribution in [-0.4, -0.2) is 20.7 Å². The third-order valence-corrected chi connectivity index (χ3v) is 4.75. The molecule has 1 heterocycles. The fourth-order valence-electron chi connectivity index (χ4n) is 3.04. The van der Waals surface area contributed by atoms with Gasteiger partial charge in [-0.05, 0) is 55.3 Å². The molecule has 0 radical (unpaired) electrons.